The summed E-state index contributed by atoms with van der Waals surface area (Å²) in [5, 5.41) is 10.1. The van der Waals surface area contributed by atoms with Crippen LogP contribution < -0.4 is 10.6 Å². The van der Waals surface area contributed by atoms with Crippen molar-refractivity contribution in [3.63, 3.8) is 0 Å². The number of carbonyl (C=O) groups is 1. The largest absolute Gasteiger partial charge is 0.352 e. The minimum Gasteiger partial charge on any atom is -0.352 e. The highest BCUT2D eigenvalue weighted by atomic mass is 16.1. The van der Waals surface area contributed by atoms with Crippen molar-refractivity contribution in [1.82, 2.24) is 25.4 Å². The molecule has 15 heavy (non-hydrogen) atoms. The summed E-state index contributed by atoms with van der Waals surface area (Å²) in [7, 11) is 0. The maximum atomic E-state index is 11.5. The standard InChI is InChI=1S/C9H15N5O/c15-9(13-8-1-3-10-5-8)2-4-14-7-11-6-12-14/h6-8,10H,1-5H2,(H,13,15)/t8-/m1/s1. The van der Waals surface area contributed by atoms with E-state index in [-0.39, 0.29) is 5.91 Å². The molecule has 0 aromatic carbocycles. The first-order valence-electron chi connectivity index (χ1n) is 5.17. The Hall–Kier alpha value is -1.43. The van der Waals surface area contributed by atoms with Crippen molar-refractivity contribution in [3.05, 3.63) is 12.7 Å². The van der Waals surface area contributed by atoms with Crippen molar-refractivity contribution in [2.24, 2.45) is 0 Å². The first-order valence-corrected chi connectivity index (χ1v) is 5.17. The molecule has 1 aromatic heterocycles. The molecule has 0 saturated carbocycles. The van der Waals surface area contributed by atoms with Gasteiger partial charge in [-0.05, 0) is 13.0 Å². The van der Waals surface area contributed by atoms with E-state index in [0.29, 0.717) is 19.0 Å². The Morgan fingerprint density at radius 1 is 1.67 bits per heavy atom. The predicted octanol–water partition coefficient (Wildman–Crippen LogP) is -0.854. The summed E-state index contributed by atoms with van der Waals surface area (Å²) >= 11 is 0. The number of hydrogen-bond donors (Lipinski definition) is 2. The van der Waals surface area contributed by atoms with Crippen LogP contribution in [0.1, 0.15) is 12.8 Å². The summed E-state index contributed by atoms with van der Waals surface area (Å²) in [6.07, 6.45) is 4.57. The number of rotatable bonds is 4. The van der Waals surface area contributed by atoms with Gasteiger partial charge in [0.05, 0.1) is 6.54 Å². The van der Waals surface area contributed by atoms with Crippen LogP contribution in [0.25, 0.3) is 0 Å². The molecule has 6 nitrogen and oxygen atoms in total. The van der Waals surface area contributed by atoms with Crippen molar-refractivity contribution in [2.45, 2.75) is 25.4 Å². The van der Waals surface area contributed by atoms with E-state index in [9.17, 15) is 4.79 Å². The SMILES string of the molecule is O=C(CCn1cncn1)N[C@@H]1CCNC1. The Kier molecular flexibility index (Phi) is 3.29. The monoisotopic (exact) mass is 209 g/mol. The maximum absolute atomic E-state index is 11.5. The number of aryl methyl sites for hydroxylation is 1. The fourth-order valence-corrected chi connectivity index (χ4v) is 1.64. The summed E-state index contributed by atoms with van der Waals surface area (Å²) < 4.78 is 1.66. The molecule has 0 radical (unpaired) electrons. The molecule has 0 bridgehead atoms. The van der Waals surface area contributed by atoms with Gasteiger partial charge in [0.25, 0.3) is 0 Å². The van der Waals surface area contributed by atoms with Crippen molar-refractivity contribution in [3.8, 4) is 0 Å². The number of hydrogen-bond acceptors (Lipinski definition) is 4. The molecule has 1 atom stereocenters. The number of nitrogens with one attached hydrogen (secondary N) is 2. The van der Waals surface area contributed by atoms with Gasteiger partial charge in [0, 0.05) is 19.0 Å². The summed E-state index contributed by atoms with van der Waals surface area (Å²) in [5.74, 6) is 0.0826. The van der Waals surface area contributed by atoms with Crippen molar-refractivity contribution < 1.29 is 4.79 Å². The Labute approximate surface area is 88.1 Å². The molecule has 1 amide bonds. The molecule has 0 spiro atoms. The Morgan fingerprint density at radius 3 is 3.27 bits per heavy atom. The highest BCUT2D eigenvalue weighted by Crippen LogP contribution is 1.97. The van der Waals surface area contributed by atoms with Gasteiger partial charge < -0.3 is 10.6 Å². The topological polar surface area (TPSA) is 71.8 Å². The Balaban J connectivity index is 1.68. The van der Waals surface area contributed by atoms with E-state index < -0.39 is 0 Å². The molecule has 0 aliphatic carbocycles. The van der Waals surface area contributed by atoms with Gasteiger partial charge in [-0.25, -0.2) is 4.98 Å². The van der Waals surface area contributed by atoms with Gasteiger partial charge in [0.1, 0.15) is 12.7 Å². The lowest BCUT2D eigenvalue weighted by atomic mass is 10.2. The first-order chi connectivity index (χ1) is 7.34. The highest BCUT2D eigenvalue weighted by molar-refractivity contribution is 5.76. The van der Waals surface area contributed by atoms with Gasteiger partial charge in [-0.2, -0.15) is 5.10 Å². The lowest BCUT2D eigenvalue weighted by molar-refractivity contribution is -0.121. The molecule has 2 rings (SSSR count). The molecule has 1 fully saturated rings. The Bertz CT molecular complexity index is 304. The van der Waals surface area contributed by atoms with E-state index in [4.69, 9.17) is 0 Å². The molecule has 6 heteroatoms. The summed E-state index contributed by atoms with van der Waals surface area (Å²) in [4.78, 5) is 15.3. The van der Waals surface area contributed by atoms with Crippen molar-refractivity contribution >= 4 is 5.91 Å². The zero-order chi connectivity index (χ0) is 10.5. The number of amides is 1. The molecule has 1 saturated heterocycles. The molecule has 82 valence electrons. The van der Waals surface area contributed by atoms with Crippen molar-refractivity contribution in [1.29, 1.82) is 0 Å². The van der Waals surface area contributed by atoms with E-state index in [1.165, 1.54) is 6.33 Å². The maximum Gasteiger partial charge on any atom is 0.222 e. The fraction of sp³-hybridized carbons (Fsp3) is 0.667. The second kappa shape index (κ2) is 4.88. The van der Waals surface area contributed by atoms with Gasteiger partial charge in [-0.1, -0.05) is 0 Å². The lowest BCUT2D eigenvalue weighted by Gasteiger charge is -2.10. The fourth-order valence-electron chi connectivity index (χ4n) is 1.64. The van der Waals surface area contributed by atoms with E-state index in [2.05, 4.69) is 20.7 Å². The number of aromatic nitrogens is 3. The van der Waals surface area contributed by atoms with Gasteiger partial charge in [0.15, 0.2) is 0 Å². The molecule has 2 heterocycles. The van der Waals surface area contributed by atoms with Crippen molar-refractivity contribution in [2.75, 3.05) is 13.1 Å². The van der Waals surface area contributed by atoms with Crippen LogP contribution in [0, 0.1) is 0 Å². The number of carbonyl (C=O) groups excluding carboxylic acids is 1. The van der Waals surface area contributed by atoms with Crippen LogP contribution >= 0.6 is 0 Å². The third kappa shape index (κ3) is 3.02. The minimum atomic E-state index is 0.0826. The van der Waals surface area contributed by atoms with Crippen LogP contribution in [0.15, 0.2) is 12.7 Å². The zero-order valence-corrected chi connectivity index (χ0v) is 8.52. The predicted molar refractivity (Wildman–Crippen MR) is 54.1 cm³/mol. The normalized spacial score (nSPS) is 20.4. The minimum absolute atomic E-state index is 0.0826. The van der Waals surface area contributed by atoms with Crippen LogP contribution in [-0.2, 0) is 11.3 Å². The van der Waals surface area contributed by atoms with Gasteiger partial charge in [-0.15, -0.1) is 0 Å². The summed E-state index contributed by atoms with van der Waals surface area (Å²) in [5.41, 5.74) is 0. The van der Waals surface area contributed by atoms with E-state index in [1.807, 2.05) is 0 Å². The number of nitrogens with zero attached hydrogens (tertiary/aromatic N) is 3. The van der Waals surface area contributed by atoms with Crippen LogP contribution in [0.5, 0.6) is 0 Å². The molecule has 2 N–H and O–H groups in total. The quantitative estimate of drug-likeness (QED) is 0.677. The molecular weight excluding hydrogens is 194 g/mol. The molecule has 1 aliphatic heterocycles. The van der Waals surface area contributed by atoms with E-state index in [1.54, 1.807) is 11.0 Å². The van der Waals surface area contributed by atoms with E-state index >= 15 is 0 Å². The van der Waals surface area contributed by atoms with Crippen LogP contribution in [0.3, 0.4) is 0 Å². The zero-order valence-electron chi connectivity index (χ0n) is 8.52. The molecule has 1 aliphatic rings. The van der Waals surface area contributed by atoms with E-state index in [0.717, 1.165) is 19.5 Å². The van der Waals surface area contributed by atoms with Gasteiger partial charge in [0.2, 0.25) is 5.91 Å². The second-order valence-corrected chi connectivity index (χ2v) is 3.67. The van der Waals surface area contributed by atoms with Crippen LogP contribution in [-0.4, -0.2) is 39.8 Å². The van der Waals surface area contributed by atoms with Crippen LogP contribution in [0.4, 0.5) is 0 Å². The average Bonchev–Trinajstić information content (AvgIpc) is 2.86. The second-order valence-electron chi connectivity index (χ2n) is 3.67. The third-order valence-electron chi connectivity index (χ3n) is 2.46. The van der Waals surface area contributed by atoms with Crippen LogP contribution in [0.2, 0.25) is 0 Å². The highest BCUT2D eigenvalue weighted by Gasteiger charge is 2.16. The Morgan fingerprint density at radius 2 is 2.60 bits per heavy atom. The summed E-state index contributed by atoms with van der Waals surface area (Å²) in [6.45, 7) is 2.47. The van der Waals surface area contributed by atoms with Gasteiger partial charge in [-0.3, -0.25) is 9.48 Å². The van der Waals surface area contributed by atoms with Gasteiger partial charge >= 0.3 is 0 Å². The first kappa shape index (κ1) is 10.1. The third-order valence-corrected chi connectivity index (χ3v) is 2.46. The molecule has 1 aromatic rings. The summed E-state index contributed by atoms with van der Waals surface area (Å²) in [6, 6.07) is 0.299. The molecular formula is C9H15N5O. The average molecular weight is 209 g/mol. The smallest absolute Gasteiger partial charge is 0.222 e. The molecule has 0 unspecified atom stereocenters. The lowest BCUT2D eigenvalue weighted by Crippen LogP contribution is -2.36.